The number of likely N-dealkylation sites (N-methyl/N-ethyl adjacent to an activating group) is 1. The maximum atomic E-state index is 11.9. The van der Waals surface area contributed by atoms with Gasteiger partial charge >= 0.3 is 6.03 Å². The van der Waals surface area contributed by atoms with Gasteiger partial charge in [0.15, 0.2) is 0 Å². The minimum absolute atomic E-state index is 0.0916. The Morgan fingerprint density at radius 1 is 1.37 bits per heavy atom. The minimum atomic E-state index is -1.11. The first-order valence-electron chi connectivity index (χ1n) is 6.21. The van der Waals surface area contributed by atoms with Crippen molar-refractivity contribution in [2.24, 2.45) is 0 Å². The molecule has 0 aromatic carbocycles. The number of hydrogen-bond donors (Lipinski definition) is 1. The number of urea groups is 1. The second kappa shape index (κ2) is 5.16. The van der Waals surface area contributed by atoms with Gasteiger partial charge in [-0.1, -0.05) is 0 Å². The lowest BCUT2D eigenvalue weighted by atomic mass is 10.1. The normalized spacial score (nSPS) is 18.6. The maximum absolute atomic E-state index is 11.9. The van der Waals surface area contributed by atoms with E-state index in [0.717, 1.165) is 0 Å². The molecule has 1 heterocycles. The molecule has 0 aromatic rings. The first-order valence-corrected chi connectivity index (χ1v) is 6.21. The van der Waals surface area contributed by atoms with E-state index < -0.39 is 11.5 Å². The van der Waals surface area contributed by atoms with E-state index in [9.17, 15) is 19.5 Å². The third-order valence-corrected chi connectivity index (χ3v) is 3.15. The second-order valence-corrected chi connectivity index (χ2v) is 6.05. The van der Waals surface area contributed by atoms with Crippen molar-refractivity contribution in [3.05, 3.63) is 0 Å². The molecule has 19 heavy (non-hydrogen) atoms. The van der Waals surface area contributed by atoms with Crippen LogP contribution in [-0.2, 0) is 9.59 Å². The van der Waals surface area contributed by atoms with E-state index in [-0.39, 0.29) is 23.0 Å². The van der Waals surface area contributed by atoms with E-state index in [0.29, 0.717) is 19.5 Å². The Balaban J connectivity index is 2.48. The van der Waals surface area contributed by atoms with E-state index >= 15 is 0 Å². The van der Waals surface area contributed by atoms with Gasteiger partial charge in [0.25, 0.3) is 5.91 Å². The first-order chi connectivity index (χ1) is 8.55. The molecule has 0 aromatic heterocycles. The molecule has 7 heteroatoms. The van der Waals surface area contributed by atoms with Gasteiger partial charge in [-0.15, -0.1) is 0 Å². The van der Waals surface area contributed by atoms with Crippen LogP contribution in [0, 0.1) is 0 Å². The summed E-state index contributed by atoms with van der Waals surface area (Å²) in [6.45, 7) is 4.06. The monoisotopic (exact) mass is 271 g/mol. The van der Waals surface area contributed by atoms with E-state index in [2.05, 4.69) is 5.32 Å². The topological polar surface area (TPSA) is 89.5 Å². The van der Waals surface area contributed by atoms with Crippen molar-refractivity contribution >= 4 is 17.9 Å². The molecule has 0 atom stereocenters. The molecule has 1 rings (SSSR count). The fourth-order valence-electron chi connectivity index (χ4n) is 2.11. The van der Waals surface area contributed by atoms with Gasteiger partial charge in [-0.2, -0.15) is 0 Å². The van der Waals surface area contributed by atoms with E-state index in [1.807, 2.05) is 0 Å². The highest BCUT2D eigenvalue weighted by Crippen LogP contribution is 2.16. The van der Waals surface area contributed by atoms with Crippen LogP contribution < -0.4 is 10.4 Å². The van der Waals surface area contributed by atoms with Crippen LogP contribution in [0.1, 0.15) is 20.3 Å². The van der Waals surface area contributed by atoms with Crippen LogP contribution in [0.2, 0.25) is 0 Å². The van der Waals surface area contributed by atoms with Crippen LogP contribution in [0.3, 0.4) is 0 Å². The summed E-state index contributed by atoms with van der Waals surface area (Å²) >= 11 is 0. The molecule has 0 aliphatic carbocycles. The predicted octanol–water partition coefficient (Wildman–Crippen LogP) is -1.47. The number of aliphatic carboxylic acids is 1. The summed E-state index contributed by atoms with van der Waals surface area (Å²) in [5.41, 5.74) is -0.855. The number of nitrogens with one attached hydrogen (secondary N) is 1. The van der Waals surface area contributed by atoms with Crippen LogP contribution in [0.5, 0.6) is 0 Å². The molecule has 0 radical (unpaired) electrons. The lowest BCUT2D eigenvalue weighted by molar-refractivity contribution is -0.884. The van der Waals surface area contributed by atoms with Crippen molar-refractivity contribution in [3.63, 3.8) is 0 Å². The molecular formula is C12H21N3O4. The number of quaternary nitrogens is 1. The number of carboxylic acids is 1. The van der Waals surface area contributed by atoms with E-state index in [1.165, 1.54) is 4.90 Å². The Labute approximate surface area is 112 Å². The predicted molar refractivity (Wildman–Crippen MR) is 65.8 cm³/mol. The fourth-order valence-corrected chi connectivity index (χ4v) is 2.11. The molecule has 7 nitrogen and oxygen atoms in total. The number of rotatable bonds is 6. The van der Waals surface area contributed by atoms with Crippen LogP contribution in [-0.4, -0.2) is 66.6 Å². The Hall–Kier alpha value is -1.63. The molecular weight excluding hydrogens is 250 g/mol. The van der Waals surface area contributed by atoms with Crippen molar-refractivity contribution in [3.8, 4) is 0 Å². The van der Waals surface area contributed by atoms with Crippen LogP contribution >= 0.6 is 0 Å². The number of carbonyl (C=O) groups excluding carboxylic acids is 3. The van der Waals surface area contributed by atoms with Gasteiger partial charge in [-0.25, -0.2) is 4.79 Å². The summed E-state index contributed by atoms with van der Waals surface area (Å²) < 4.78 is 0.259. The number of imide groups is 1. The third-order valence-electron chi connectivity index (χ3n) is 3.15. The fraction of sp³-hybridized carbons (Fsp3) is 0.750. The molecule has 0 bridgehead atoms. The van der Waals surface area contributed by atoms with Crippen molar-refractivity contribution in [2.75, 3.05) is 33.7 Å². The highest BCUT2D eigenvalue weighted by atomic mass is 16.4. The largest absolute Gasteiger partial charge is 0.544 e. The molecule has 0 spiro atoms. The zero-order valence-electron chi connectivity index (χ0n) is 11.9. The summed E-state index contributed by atoms with van der Waals surface area (Å²) in [6.07, 6.45) is 0.551. The zero-order valence-corrected chi connectivity index (χ0v) is 11.9. The molecule has 0 saturated carbocycles. The van der Waals surface area contributed by atoms with E-state index in [4.69, 9.17) is 0 Å². The quantitative estimate of drug-likeness (QED) is 0.472. The Kier molecular flexibility index (Phi) is 4.19. The Bertz CT molecular complexity index is 404. The van der Waals surface area contributed by atoms with Crippen LogP contribution in [0.15, 0.2) is 0 Å². The Morgan fingerprint density at radius 3 is 2.37 bits per heavy atom. The highest BCUT2D eigenvalue weighted by Gasteiger charge is 2.43. The van der Waals surface area contributed by atoms with Gasteiger partial charge in [0.1, 0.15) is 12.1 Å². The van der Waals surface area contributed by atoms with Crippen molar-refractivity contribution in [1.29, 1.82) is 0 Å². The maximum Gasteiger partial charge on any atom is 0.325 e. The number of carboxylic acid groups (broad SMARTS) is 1. The van der Waals surface area contributed by atoms with Crippen molar-refractivity contribution in [2.45, 2.75) is 25.8 Å². The van der Waals surface area contributed by atoms with Gasteiger partial charge in [0.2, 0.25) is 0 Å². The SMILES string of the molecule is CC1(C)NC(=O)N(CCC[N+](C)(C)CC(=O)[O-])C1=O. The number of amides is 3. The van der Waals surface area contributed by atoms with Gasteiger partial charge < -0.3 is 19.7 Å². The number of nitrogens with zero attached hydrogens (tertiary/aromatic N) is 2. The minimum Gasteiger partial charge on any atom is -0.544 e. The summed E-state index contributed by atoms with van der Waals surface area (Å²) in [7, 11) is 3.54. The van der Waals surface area contributed by atoms with Crippen LogP contribution in [0.4, 0.5) is 4.79 Å². The molecule has 1 aliphatic rings. The molecule has 0 unspecified atom stereocenters. The van der Waals surface area contributed by atoms with Gasteiger partial charge in [0, 0.05) is 13.0 Å². The lowest BCUT2D eigenvalue weighted by Crippen LogP contribution is -2.49. The van der Waals surface area contributed by atoms with Gasteiger partial charge in [-0.05, 0) is 13.8 Å². The average Bonchev–Trinajstić information content (AvgIpc) is 2.37. The smallest absolute Gasteiger partial charge is 0.325 e. The first kappa shape index (κ1) is 15.4. The second-order valence-electron chi connectivity index (χ2n) is 6.05. The lowest BCUT2D eigenvalue weighted by Gasteiger charge is -2.30. The molecule has 3 amide bonds. The summed E-state index contributed by atoms with van der Waals surface area (Å²) in [6, 6.07) is -0.389. The summed E-state index contributed by atoms with van der Waals surface area (Å²) in [5, 5.41) is 13.2. The molecule has 1 N–H and O–H groups in total. The average molecular weight is 271 g/mol. The zero-order chi connectivity index (χ0) is 14.8. The third kappa shape index (κ3) is 3.92. The standard InChI is InChI=1S/C12H21N3O4/c1-12(2)10(18)14(11(19)13-12)6-5-7-15(3,4)8-9(16)17/h5-8H2,1-4H3,(H-,13,16,17,19). The van der Waals surface area contributed by atoms with Crippen molar-refractivity contribution < 1.29 is 24.0 Å². The highest BCUT2D eigenvalue weighted by molar-refractivity contribution is 6.06. The van der Waals surface area contributed by atoms with Gasteiger partial charge in [0.05, 0.1) is 26.6 Å². The molecule has 108 valence electrons. The Morgan fingerprint density at radius 2 is 1.95 bits per heavy atom. The molecule has 1 aliphatic heterocycles. The van der Waals surface area contributed by atoms with Gasteiger partial charge in [-0.3, -0.25) is 9.69 Å². The molecule has 1 saturated heterocycles. The summed E-state index contributed by atoms with van der Waals surface area (Å²) in [5.74, 6) is -1.36. The van der Waals surface area contributed by atoms with E-state index in [1.54, 1.807) is 27.9 Å². The van der Waals surface area contributed by atoms with Crippen LogP contribution in [0.25, 0.3) is 0 Å². The summed E-state index contributed by atoms with van der Waals surface area (Å²) in [4.78, 5) is 35.3. The number of hydrogen-bond acceptors (Lipinski definition) is 4. The number of carbonyl (C=O) groups is 3. The van der Waals surface area contributed by atoms with Crippen molar-refractivity contribution in [1.82, 2.24) is 10.2 Å². The molecule has 1 fully saturated rings.